The molecule has 0 N–H and O–H groups in total. The zero-order valence-corrected chi connectivity index (χ0v) is 20.8. The number of benzene rings is 1. The second-order valence-electron chi connectivity index (χ2n) is 9.04. The Morgan fingerprint density at radius 3 is 2.61 bits per heavy atom. The number of aromatic nitrogens is 5. The van der Waals surface area contributed by atoms with Crippen molar-refractivity contribution in [2.24, 2.45) is 0 Å². The predicted octanol–water partition coefficient (Wildman–Crippen LogP) is 4.52. The topological polar surface area (TPSA) is 91.3 Å². The molecule has 1 aromatic carbocycles. The fourth-order valence-corrected chi connectivity index (χ4v) is 4.27. The maximum absolute atomic E-state index is 12.4. The van der Waals surface area contributed by atoms with Gasteiger partial charge in [0.1, 0.15) is 5.75 Å². The quantitative estimate of drug-likeness (QED) is 0.313. The van der Waals surface area contributed by atoms with Gasteiger partial charge in [0.25, 0.3) is 5.89 Å². The lowest BCUT2D eigenvalue weighted by Gasteiger charge is -2.26. The van der Waals surface area contributed by atoms with Gasteiger partial charge < -0.3 is 14.0 Å². The average Bonchev–Trinajstić information content (AvgIpc) is 3.52. The van der Waals surface area contributed by atoms with Crippen LogP contribution in [0.15, 0.2) is 53.2 Å². The first-order valence-corrected chi connectivity index (χ1v) is 12.3. The summed E-state index contributed by atoms with van der Waals surface area (Å²) in [5.74, 6) is 0.133. The van der Waals surface area contributed by atoms with Gasteiger partial charge in [0.2, 0.25) is 5.82 Å². The summed E-state index contributed by atoms with van der Waals surface area (Å²) in [5, 5.41) is 8.57. The van der Waals surface area contributed by atoms with E-state index in [1.165, 1.54) is 24.3 Å². The fraction of sp³-hybridized carbons (Fsp3) is 0.385. The van der Waals surface area contributed by atoms with E-state index in [4.69, 9.17) is 9.26 Å². The third-order valence-electron chi connectivity index (χ3n) is 6.20. The van der Waals surface area contributed by atoms with E-state index in [1.54, 1.807) is 0 Å². The Morgan fingerprint density at radius 1 is 1.05 bits per heavy atom. The molecule has 5 rings (SSSR count). The molecule has 3 aromatic heterocycles. The summed E-state index contributed by atoms with van der Waals surface area (Å²) < 4.78 is 53.7. The van der Waals surface area contributed by atoms with Gasteiger partial charge >= 0.3 is 6.36 Å². The van der Waals surface area contributed by atoms with Crippen LogP contribution in [-0.2, 0) is 17.7 Å². The molecule has 38 heavy (non-hydrogen) atoms. The molecule has 9 nitrogen and oxygen atoms in total. The van der Waals surface area contributed by atoms with Gasteiger partial charge in [-0.3, -0.25) is 14.6 Å². The highest BCUT2D eigenvalue weighted by atomic mass is 19.4. The predicted molar refractivity (Wildman–Crippen MR) is 131 cm³/mol. The van der Waals surface area contributed by atoms with Crippen LogP contribution in [0.2, 0.25) is 0 Å². The Bertz CT molecular complexity index is 1350. The van der Waals surface area contributed by atoms with Crippen molar-refractivity contribution in [3.8, 4) is 28.7 Å². The van der Waals surface area contributed by atoms with Gasteiger partial charge in [-0.05, 0) is 74.3 Å². The van der Waals surface area contributed by atoms with E-state index < -0.39 is 6.36 Å². The zero-order chi connectivity index (χ0) is 26.5. The lowest BCUT2D eigenvalue weighted by atomic mass is 10.1. The summed E-state index contributed by atoms with van der Waals surface area (Å²) in [7, 11) is 0. The van der Waals surface area contributed by atoms with Gasteiger partial charge in [-0.15, -0.1) is 13.2 Å². The Labute approximate surface area is 217 Å². The average molecular weight is 529 g/mol. The molecule has 0 saturated carbocycles. The third-order valence-corrected chi connectivity index (χ3v) is 6.20. The number of ether oxygens (including phenoxy) is 2. The molecule has 0 spiro atoms. The molecule has 0 amide bonds. The molecule has 200 valence electrons. The largest absolute Gasteiger partial charge is 0.573 e. The van der Waals surface area contributed by atoms with Crippen LogP contribution in [0.25, 0.3) is 23.0 Å². The summed E-state index contributed by atoms with van der Waals surface area (Å²) in [4.78, 5) is 11.3. The van der Waals surface area contributed by atoms with Gasteiger partial charge in [0.05, 0.1) is 19.8 Å². The number of halogens is 3. The first-order chi connectivity index (χ1) is 18.3. The Balaban J connectivity index is 1.21. The highest BCUT2D eigenvalue weighted by Crippen LogP contribution is 2.27. The number of hydrogen-bond acceptors (Lipinski definition) is 8. The smallest absolute Gasteiger partial charge is 0.406 e. The SMILES string of the molecule is Cc1cc(-c2nc(-c3ccc(OC(F)(F)F)cc3)no2)nn1Cc1ccnc(CCCN2CCOCC2)c1. The van der Waals surface area contributed by atoms with Gasteiger partial charge in [-0.2, -0.15) is 10.1 Å². The van der Waals surface area contributed by atoms with Gasteiger partial charge in [0.15, 0.2) is 5.69 Å². The van der Waals surface area contributed by atoms with Gasteiger partial charge in [-0.25, -0.2) is 0 Å². The molecule has 0 unspecified atom stereocenters. The molecule has 0 bridgehead atoms. The van der Waals surface area contributed by atoms with Gasteiger partial charge in [0, 0.05) is 36.2 Å². The zero-order valence-electron chi connectivity index (χ0n) is 20.8. The van der Waals surface area contributed by atoms with E-state index in [0.717, 1.165) is 62.6 Å². The maximum atomic E-state index is 12.4. The summed E-state index contributed by atoms with van der Waals surface area (Å²) in [6.45, 7) is 7.12. The van der Waals surface area contributed by atoms with Crippen LogP contribution in [0, 0.1) is 6.92 Å². The van der Waals surface area contributed by atoms with Crippen LogP contribution in [0.4, 0.5) is 13.2 Å². The molecule has 0 atom stereocenters. The highest BCUT2D eigenvalue weighted by Gasteiger charge is 2.31. The van der Waals surface area contributed by atoms with Crippen molar-refractivity contribution in [3.05, 3.63) is 65.6 Å². The van der Waals surface area contributed by atoms with Crippen LogP contribution in [0.1, 0.15) is 23.4 Å². The summed E-state index contributed by atoms with van der Waals surface area (Å²) in [5.41, 5.74) is 4.06. The van der Waals surface area contributed by atoms with Crippen molar-refractivity contribution in [3.63, 3.8) is 0 Å². The van der Waals surface area contributed by atoms with E-state index in [2.05, 4.69) is 35.9 Å². The maximum Gasteiger partial charge on any atom is 0.573 e. The lowest BCUT2D eigenvalue weighted by Crippen LogP contribution is -2.36. The lowest BCUT2D eigenvalue weighted by molar-refractivity contribution is -0.274. The first-order valence-electron chi connectivity index (χ1n) is 12.3. The molecule has 1 aliphatic rings. The molecule has 1 fully saturated rings. The summed E-state index contributed by atoms with van der Waals surface area (Å²) in [6.07, 6.45) is -0.978. The number of nitrogens with zero attached hydrogens (tertiary/aromatic N) is 6. The molecule has 4 heterocycles. The Hall–Kier alpha value is -3.77. The molecule has 0 radical (unpaired) electrons. The van der Waals surface area contributed by atoms with Crippen molar-refractivity contribution in [2.75, 3.05) is 32.8 Å². The van der Waals surface area contributed by atoms with E-state index in [-0.39, 0.29) is 17.5 Å². The summed E-state index contributed by atoms with van der Waals surface area (Å²) >= 11 is 0. The number of pyridine rings is 1. The monoisotopic (exact) mass is 528 g/mol. The van der Waals surface area contributed by atoms with Crippen molar-refractivity contribution in [1.29, 1.82) is 0 Å². The minimum atomic E-state index is -4.75. The van der Waals surface area contributed by atoms with Crippen molar-refractivity contribution in [1.82, 2.24) is 29.8 Å². The van der Waals surface area contributed by atoms with Crippen LogP contribution in [0.5, 0.6) is 5.75 Å². The first kappa shape index (κ1) is 25.9. The number of alkyl halides is 3. The number of rotatable bonds is 9. The van der Waals surface area contributed by atoms with E-state index in [1.807, 2.05) is 29.9 Å². The normalized spacial score (nSPS) is 14.6. The van der Waals surface area contributed by atoms with Crippen LogP contribution in [-0.4, -0.2) is 69.0 Å². The fourth-order valence-electron chi connectivity index (χ4n) is 4.27. The summed E-state index contributed by atoms with van der Waals surface area (Å²) in [6, 6.07) is 11.2. The standard InChI is InChI=1S/C26H27F3N6O3/c1-18-15-23(25-31-24(33-38-25)20-4-6-22(7-5-20)37-26(27,28)29)32-35(18)17-19-8-9-30-21(16-19)3-2-10-34-11-13-36-14-12-34/h4-9,15-16H,2-3,10-14,17H2,1H3. The number of morpholine rings is 1. The molecule has 0 aliphatic carbocycles. The van der Waals surface area contributed by atoms with Crippen molar-refractivity contribution in [2.45, 2.75) is 32.7 Å². The third kappa shape index (κ3) is 6.75. The number of aryl methyl sites for hydroxylation is 2. The molecule has 1 aliphatic heterocycles. The number of hydrogen-bond donors (Lipinski definition) is 0. The van der Waals surface area contributed by atoms with E-state index >= 15 is 0 Å². The van der Waals surface area contributed by atoms with Gasteiger partial charge in [-0.1, -0.05) is 5.16 Å². The molecular weight excluding hydrogens is 501 g/mol. The van der Waals surface area contributed by atoms with Crippen molar-refractivity contribution < 1.29 is 27.2 Å². The minimum absolute atomic E-state index is 0.219. The second-order valence-corrected chi connectivity index (χ2v) is 9.04. The minimum Gasteiger partial charge on any atom is -0.406 e. The van der Waals surface area contributed by atoms with Crippen LogP contribution >= 0.6 is 0 Å². The Morgan fingerprint density at radius 2 is 1.84 bits per heavy atom. The van der Waals surface area contributed by atoms with E-state index in [9.17, 15) is 13.2 Å². The molecule has 12 heteroatoms. The molecule has 1 saturated heterocycles. The molecule has 4 aromatic rings. The van der Waals surface area contributed by atoms with Crippen molar-refractivity contribution >= 4 is 0 Å². The van der Waals surface area contributed by atoms with Crippen LogP contribution < -0.4 is 4.74 Å². The Kier molecular flexibility index (Phi) is 7.70. The molecular formula is C26H27F3N6O3. The van der Waals surface area contributed by atoms with E-state index in [0.29, 0.717) is 17.8 Å². The second kappa shape index (κ2) is 11.3. The highest BCUT2D eigenvalue weighted by molar-refractivity contribution is 5.58. The van der Waals surface area contributed by atoms with Crippen LogP contribution in [0.3, 0.4) is 0 Å².